The molecule has 2 rings (SSSR count). The highest BCUT2D eigenvalue weighted by atomic mass is 16.4. The van der Waals surface area contributed by atoms with E-state index in [-0.39, 0.29) is 5.91 Å². The molecule has 96 valence electrons. The molecular formula is C11H19N3O3. The van der Waals surface area contributed by atoms with E-state index in [1.807, 2.05) is 0 Å². The fourth-order valence-corrected chi connectivity index (χ4v) is 2.17. The lowest BCUT2D eigenvalue weighted by atomic mass is 10.1. The van der Waals surface area contributed by atoms with E-state index in [0.717, 1.165) is 6.42 Å². The molecule has 6 nitrogen and oxygen atoms in total. The Hall–Kier alpha value is -1.30. The predicted molar refractivity (Wildman–Crippen MR) is 61.5 cm³/mol. The van der Waals surface area contributed by atoms with Gasteiger partial charge in [-0.25, -0.2) is 4.79 Å². The standard InChI is InChI=1S/C11H19N3O3/c12-9(7-8-1-2-8)10(15)13-3-5-14(6-4-13)11(16)17/h8-9H,1-7,12H2,(H,16,17)/t9-/m0/s1. The van der Waals surface area contributed by atoms with Gasteiger partial charge in [0, 0.05) is 26.2 Å². The molecule has 1 saturated carbocycles. The molecule has 17 heavy (non-hydrogen) atoms. The number of hydrogen-bond acceptors (Lipinski definition) is 3. The maximum absolute atomic E-state index is 12.0. The van der Waals surface area contributed by atoms with Crippen LogP contribution in [0.5, 0.6) is 0 Å². The summed E-state index contributed by atoms with van der Waals surface area (Å²) in [5.74, 6) is 0.608. The van der Waals surface area contributed by atoms with Crippen LogP contribution in [0.4, 0.5) is 4.79 Å². The van der Waals surface area contributed by atoms with Crippen molar-refractivity contribution < 1.29 is 14.7 Å². The molecular weight excluding hydrogens is 222 g/mol. The lowest BCUT2D eigenvalue weighted by molar-refractivity contribution is -0.134. The average molecular weight is 241 g/mol. The van der Waals surface area contributed by atoms with Gasteiger partial charge in [-0.1, -0.05) is 12.8 Å². The summed E-state index contributed by atoms with van der Waals surface area (Å²) in [7, 11) is 0. The molecule has 2 fully saturated rings. The van der Waals surface area contributed by atoms with Crippen LogP contribution >= 0.6 is 0 Å². The zero-order valence-electron chi connectivity index (χ0n) is 9.84. The van der Waals surface area contributed by atoms with Crippen LogP contribution in [-0.2, 0) is 4.79 Å². The van der Waals surface area contributed by atoms with E-state index in [9.17, 15) is 9.59 Å². The molecule has 0 spiro atoms. The molecule has 0 aromatic carbocycles. The van der Waals surface area contributed by atoms with Gasteiger partial charge >= 0.3 is 6.09 Å². The minimum atomic E-state index is -0.917. The third kappa shape index (κ3) is 3.09. The fourth-order valence-electron chi connectivity index (χ4n) is 2.17. The molecule has 1 heterocycles. The first-order chi connectivity index (χ1) is 8.08. The number of nitrogens with two attached hydrogens (primary N) is 1. The van der Waals surface area contributed by atoms with E-state index in [1.165, 1.54) is 17.7 Å². The molecule has 0 aromatic heterocycles. The molecule has 0 radical (unpaired) electrons. The Balaban J connectivity index is 1.78. The van der Waals surface area contributed by atoms with Crippen molar-refractivity contribution in [1.82, 2.24) is 9.80 Å². The van der Waals surface area contributed by atoms with E-state index in [0.29, 0.717) is 32.1 Å². The highest BCUT2D eigenvalue weighted by Gasteiger charge is 2.31. The fraction of sp³-hybridized carbons (Fsp3) is 0.818. The highest BCUT2D eigenvalue weighted by molar-refractivity contribution is 5.82. The molecule has 1 atom stereocenters. The molecule has 1 saturated heterocycles. The van der Waals surface area contributed by atoms with Crippen molar-refractivity contribution >= 4 is 12.0 Å². The van der Waals surface area contributed by atoms with Crippen molar-refractivity contribution in [3.63, 3.8) is 0 Å². The topological polar surface area (TPSA) is 86.9 Å². The van der Waals surface area contributed by atoms with Crippen LogP contribution in [0.1, 0.15) is 19.3 Å². The first-order valence-electron chi connectivity index (χ1n) is 6.10. The average Bonchev–Trinajstić information content (AvgIpc) is 3.12. The second-order valence-electron chi connectivity index (χ2n) is 4.88. The van der Waals surface area contributed by atoms with Crippen LogP contribution in [0.3, 0.4) is 0 Å². The largest absolute Gasteiger partial charge is 0.465 e. The zero-order chi connectivity index (χ0) is 12.4. The minimum absolute atomic E-state index is 0.0260. The second kappa shape index (κ2) is 4.91. The summed E-state index contributed by atoms with van der Waals surface area (Å²) in [6, 6.07) is -0.404. The van der Waals surface area contributed by atoms with Gasteiger partial charge in [-0.05, 0) is 12.3 Å². The second-order valence-corrected chi connectivity index (χ2v) is 4.88. The molecule has 2 aliphatic rings. The van der Waals surface area contributed by atoms with Crippen LogP contribution in [0.2, 0.25) is 0 Å². The third-order valence-corrected chi connectivity index (χ3v) is 3.46. The number of carbonyl (C=O) groups excluding carboxylic acids is 1. The lowest BCUT2D eigenvalue weighted by Crippen LogP contribution is -2.54. The van der Waals surface area contributed by atoms with Crippen molar-refractivity contribution in [1.29, 1.82) is 0 Å². The Morgan fingerprint density at radius 1 is 1.18 bits per heavy atom. The van der Waals surface area contributed by atoms with Gasteiger partial charge in [0.25, 0.3) is 0 Å². The summed E-state index contributed by atoms with van der Waals surface area (Å²) in [6.45, 7) is 1.70. The highest BCUT2D eigenvalue weighted by Crippen LogP contribution is 2.33. The van der Waals surface area contributed by atoms with Gasteiger partial charge in [-0.15, -0.1) is 0 Å². The van der Waals surface area contributed by atoms with Gasteiger partial charge in [0.05, 0.1) is 6.04 Å². The molecule has 0 aromatic rings. The summed E-state index contributed by atoms with van der Waals surface area (Å²) in [4.78, 5) is 25.7. The Bertz CT molecular complexity index is 309. The van der Waals surface area contributed by atoms with E-state index in [1.54, 1.807) is 4.90 Å². The summed E-state index contributed by atoms with van der Waals surface area (Å²) in [5, 5.41) is 8.80. The molecule has 2 amide bonds. The van der Waals surface area contributed by atoms with Crippen molar-refractivity contribution in [3.05, 3.63) is 0 Å². The van der Waals surface area contributed by atoms with E-state index in [4.69, 9.17) is 10.8 Å². The zero-order valence-corrected chi connectivity index (χ0v) is 9.84. The van der Waals surface area contributed by atoms with Crippen LogP contribution in [0.25, 0.3) is 0 Å². The van der Waals surface area contributed by atoms with E-state index >= 15 is 0 Å². The number of carbonyl (C=O) groups is 2. The monoisotopic (exact) mass is 241 g/mol. The lowest BCUT2D eigenvalue weighted by Gasteiger charge is -2.34. The van der Waals surface area contributed by atoms with Crippen LogP contribution < -0.4 is 5.73 Å². The Kier molecular flexibility index (Phi) is 3.51. The first kappa shape index (κ1) is 12.2. The number of piperazine rings is 1. The van der Waals surface area contributed by atoms with Crippen molar-refractivity contribution in [3.8, 4) is 0 Å². The predicted octanol–water partition coefficient (Wildman–Crippen LogP) is -0.0640. The summed E-state index contributed by atoms with van der Waals surface area (Å²) < 4.78 is 0. The number of amides is 2. The summed E-state index contributed by atoms with van der Waals surface area (Å²) in [6.07, 6.45) is 2.24. The normalized spacial score (nSPS) is 22.4. The molecule has 1 aliphatic heterocycles. The van der Waals surface area contributed by atoms with E-state index in [2.05, 4.69) is 0 Å². The van der Waals surface area contributed by atoms with Crippen LogP contribution in [0, 0.1) is 5.92 Å². The molecule has 3 N–H and O–H groups in total. The summed E-state index contributed by atoms with van der Waals surface area (Å²) >= 11 is 0. The smallest absolute Gasteiger partial charge is 0.407 e. The molecule has 6 heteroatoms. The van der Waals surface area contributed by atoms with Gasteiger partial charge in [-0.2, -0.15) is 0 Å². The quantitative estimate of drug-likeness (QED) is 0.724. The Morgan fingerprint density at radius 2 is 1.71 bits per heavy atom. The number of carboxylic acid groups (broad SMARTS) is 1. The van der Waals surface area contributed by atoms with Crippen molar-refractivity contribution in [2.75, 3.05) is 26.2 Å². The van der Waals surface area contributed by atoms with Crippen molar-refractivity contribution in [2.45, 2.75) is 25.3 Å². The maximum Gasteiger partial charge on any atom is 0.407 e. The molecule has 1 aliphatic carbocycles. The third-order valence-electron chi connectivity index (χ3n) is 3.46. The number of hydrogen-bond donors (Lipinski definition) is 2. The van der Waals surface area contributed by atoms with Gasteiger partial charge in [0.2, 0.25) is 5.91 Å². The van der Waals surface area contributed by atoms with Crippen LogP contribution in [0.15, 0.2) is 0 Å². The number of nitrogens with zero attached hydrogens (tertiary/aromatic N) is 2. The Morgan fingerprint density at radius 3 is 2.18 bits per heavy atom. The molecule has 0 bridgehead atoms. The van der Waals surface area contributed by atoms with Gasteiger partial charge in [-0.3, -0.25) is 4.79 Å². The SMILES string of the molecule is N[C@@H](CC1CC1)C(=O)N1CCN(C(=O)O)CC1. The van der Waals surface area contributed by atoms with E-state index < -0.39 is 12.1 Å². The first-order valence-corrected chi connectivity index (χ1v) is 6.10. The van der Waals surface area contributed by atoms with Gasteiger partial charge in [0.15, 0.2) is 0 Å². The summed E-state index contributed by atoms with van der Waals surface area (Å²) in [5.41, 5.74) is 5.86. The minimum Gasteiger partial charge on any atom is -0.465 e. The van der Waals surface area contributed by atoms with Gasteiger partial charge < -0.3 is 20.6 Å². The molecule has 0 unspecified atom stereocenters. The Labute approximate surface area is 100 Å². The van der Waals surface area contributed by atoms with Gasteiger partial charge in [0.1, 0.15) is 0 Å². The van der Waals surface area contributed by atoms with Crippen molar-refractivity contribution in [2.24, 2.45) is 11.7 Å². The van der Waals surface area contributed by atoms with Crippen LogP contribution in [-0.4, -0.2) is 59.1 Å². The number of rotatable bonds is 3. The maximum atomic E-state index is 12.0.